The number of rotatable bonds is 6. The van der Waals surface area contributed by atoms with Gasteiger partial charge in [-0.05, 0) is 24.3 Å². The molecule has 0 atom stereocenters. The molecular weight excluding hydrogens is 298 g/mol. The van der Waals surface area contributed by atoms with Crippen LogP contribution in [-0.2, 0) is 25.3 Å². The fraction of sp³-hybridized carbons (Fsp3) is 0.167. The average Bonchev–Trinajstić information content (AvgIpc) is 2.86. The summed E-state index contributed by atoms with van der Waals surface area (Å²) in [4.78, 5) is 27.8. The van der Waals surface area contributed by atoms with Crippen LogP contribution >= 0.6 is 12.0 Å². The van der Waals surface area contributed by atoms with E-state index in [0.29, 0.717) is 11.4 Å². The molecule has 8 nitrogen and oxygen atoms in total. The number of esters is 1. The Kier molecular flexibility index (Phi) is 5.17. The molecule has 0 saturated heterocycles. The van der Waals surface area contributed by atoms with Gasteiger partial charge in [0, 0.05) is 16.7 Å². The van der Waals surface area contributed by atoms with Gasteiger partial charge in [0.2, 0.25) is 0 Å². The third-order valence-electron chi connectivity index (χ3n) is 2.60. The summed E-state index contributed by atoms with van der Waals surface area (Å²) in [6.07, 6.45) is 0.00829. The van der Waals surface area contributed by atoms with Crippen molar-refractivity contribution >= 4 is 18.0 Å². The smallest absolute Gasteiger partial charge is 0.311 e. The van der Waals surface area contributed by atoms with Gasteiger partial charge in [-0.15, -0.1) is 9.32 Å². The van der Waals surface area contributed by atoms with Crippen molar-refractivity contribution in [2.24, 2.45) is 5.90 Å². The standard InChI is InChI=1S/C12H13N3O5S/c1-18-12(17)7-8-6-11(16)15(14-8)9-2-4-10(5-3-9)21-20-19-13/h2-6,14H,7,13H2,1H3. The van der Waals surface area contributed by atoms with E-state index in [1.807, 2.05) is 0 Å². The Labute approximate surface area is 123 Å². The van der Waals surface area contributed by atoms with Gasteiger partial charge in [0.1, 0.15) is 0 Å². The van der Waals surface area contributed by atoms with Gasteiger partial charge >= 0.3 is 5.97 Å². The van der Waals surface area contributed by atoms with Gasteiger partial charge < -0.3 is 4.74 Å². The van der Waals surface area contributed by atoms with Crippen LogP contribution in [0.25, 0.3) is 5.69 Å². The third-order valence-corrected chi connectivity index (χ3v) is 3.21. The second-order valence-electron chi connectivity index (χ2n) is 3.95. The van der Waals surface area contributed by atoms with Crippen molar-refractivity contribution in [3.63, 3.8) is 0 Å². The van der Waals surface area contributed by atoms with Gasteiger partial charge in [0.15, 0.2) is 0 Å². The Morgan fingerprint density at radius 1 is 1.38 bits per heavy atom. The molecule has 3 N–H and O–H groups in total. The number of nitrogens with zero attached hydrogens (tertiary/aromatic N) is 1. The summed E-state index contributed by atoms with van der Waals surface area (Å²) in [6, 6.07) is 8.23. The van der Waals surface area contributed by atoms with Gasteiger partial charge in [-0.2, -0.15) is 5.90 Å². The summed E-state index contributed by atoms with van der Waals surface area (Å²) < 4.78 is 10.4. The van der Waals surface area contributed by atoms with Crippen molar-refractivity contribution in [1.82, 2.24) is 9.78 Å². The Bertz CT molecular complexity index is 664. The molecule has 2 rings (SSSR count). The van der Waals surface area contributed by atoms with Crippen molar-refractivity contribution in [1.29, 1.82) is 0 Å². The highest BCUT2D eigenvalue weighted by atomic mass is 32.2. The number of nitrogens with two attached hydrogens (primary N) is 1. The van der Waals surface area contributed by atoms with Gasteiger partial charge in [-0.25, -0.2) is 4.68 Å². The lowest BCUT2D eigenvalue weighted by molar-refractivity contribution is -0.195. The van der Waals surface area contributed by atoms with E-state index in [-0.39, 0.29) is 12.0 Å². The maximum absolute atomic E-state index is 11.9. The molecule has 9 heteroatoms. The zero-order valence-electron chi connectivity index (χ0n) is 11.1. The number of aromatic amines is 1. The van der Waals surface area contributed by atoms with Crippen LogP contribution in [0.5, 0.6) is 0 Å². The number of nitrogens with one attached hydrogen (secondary N) is 1. The first-order valence-corrected chi connectivity index (χ1v) is 6.56. The molecule has 21 heavy (non-hydrogen) atoms. The molecule has 0 aliphatic heterocycles. The van der Waals surface area contributed by atoms with Crippen LogP contribution in [0, 0.1) is 0 Å². The van der Waals surface area contributed by atoms with Crippen molar-refractivity contribution < 1.29 is 18.9 Å². The minimum Gasteiger partial charge on any atom is -0.469 e. The van der Waals surface area contributed by atoms with Crippen molar-refractivity contribution in [2.45, 2.75) is 11.3 Å². The largest absolute Gasteiger partial charge is 0.469 e. The van der Waals surface area contributed by atoms with E-state index in [1.165, 1.54) is 17.9 Å². The number of carbonyl (C=O) groups is 1. The fourth-order valence-corrected chi connectivity index (χ4v) is 2.03. The molecule has 0 aliphatic carbocycles. The molecule has 0 aliphatic rings. The van der Waals surface area contributed by atoms with E-state index in [1.54, 1.807) is 24.3 Å². The lowest BCUT2D eigenvalue weighted by Gasteiger charge is -2.03. The van der Waals surface area contributed by atoms with E-state index in [4.69, 9.17) is 5.90 Å². The fourth-order valence-electron chi connectivity index (χ4n) is 1.66. The van der Waals surface area contributed by atoms with Crippen LogP contribution in [-0.4, -0.2) is 22.9 Å². The number of benzene rings is 1. The van der Waals surface area contributed by atoms with Crippen LogP contribution in [0.3, 0.4) is 0 Å². The van der Waals surface area contributed by atoms with Gasteiger partial charge in [-0.3, -0.25) is 14.7 Å². The molecule has 0 saturated carbocycles. The monoisotopic (exact) mass is 311 g/mol. The highest BCUT2D eigenvalue weighted by Gasteiger charge is 2.09. The zero-order chi connectivity index (χ0) is 15.2. The Hall–Kier alpha value is -2.07. The molecule has 0 unspecified atom stereocenters. The molecule has 0 fully saturated rings. The van der Waals surface area contributed by atoms with E-state index in [2.05, 4.69) is 19.2 Å². The molecule has 0 spiro atoms. The number of hydrogen-bond donors (Lipinski definition) is 2. The van der Waals surface area contributed by atoms with Gasteiger partial charge in [0.25, 0.3) is 5.56 Å². The van der Waals surface area contributed by atoms with E-state index in [0.717, 1.165) is 16.9 Å². The molecule has 0 amide bonds. The molecule has 2 aromatic rings. The zero-order valence-corrected chi connectivity index (χ0v) is 11.9. The summed E-state index contributed by atoms with van der Waals surface area (Å²) >= 11 is 0.939. The number of carbonyl (C=O) groups excluding carboxylic acids is 1. The minimum absolute atomic E-state index is 0.00829. The highest BCUT2D eigenvalue weighted by molar-refractivity contribution is 7.94. The van der Waals surface area contributed by atoms with E-state index in [9.17, 15) is 9.59 Å². The predicted molar refractivity (Wildman–Crippen MR) is 74.3 cm³/mol. The van der Waals surface area contributed by atoms with Crippen molar-refractivity contribution in [3.05, 3.63) is 46.4 Å². The number of ether oxygens (including phenoxy) is 1. The first-order chi connectivity index (χ1) is 10.1. The normalized spacial score (nSPS) is 10.6. The van der Waals surface area contributed by atoms with Crippen molar-refractivity contribution in [3.8, 4) is 5.69 Å². The highest BCUT2D eigenvalue weighted by Crippen LogP contribution is 2.19. The number of hydrogen-bond acceptors (Lipinski definition) is 7. The Balaban J connectivity index is 2.18. The van der Waals surface area contributed by atoms with E-state index < -0.39 is 5.97 Å². The molecule has 1 heterocycles. The second-order valence-corrected chi connectivity index (χ2v) is 4.72. The van der Waals surface area contributed by atoms with Crippen molar-refractivity contribution in [2.75, 3.05) is 7.11 Å². The summed E-state index contributed by atoms with van der Waals surface area (Å²) in [6.45, 7) is 0. The predicted octanol–water partition coefficient (Wildman–Crippen LogP) is 0.710. The topological polar surface area (TPSA) is 109 Å². The van der Waals surface area contributed by atoms with E-state index >= 15 is 0 Å². The van der Waals surface area contributed by atoms with Crippen LogP contribution in [0.4, 0.5) is 0 Å². The third kappa shape index (κ3) is 3.95. The molecule has 0 bridgehead atoms. The number of H-pyrrole nitrogens is 1. The second kappa shape index (κ2) is 7.09. The van der Waals surface area contributed by atoms with Crippen LogP contribution in [0.1, 0.15) is 5.69 Å². The van der Waals surface area contributed by atoms with Gasteiger partial charge in [-0.1, -0.05) is 0 Å². The lowest BCUT2D eigenvalue weighted by atomic mass is 10.3. The molecule has 1 aromatic heterocycles. The number of methoxy groups -OCH3 is 1. The average molecular weight is 311 g/mol. The van der Waals surface area contributed by atoms with Crippen LogP contribution < -0.4 is 11.5 Å². The Morgan fingerprint density at radius 2 is 2.10 bits per heavy atom. The summed E-state index contributed by atoms with van der Waals surface area (Å²) in [7, 11) is 1.29. The molecule has 1 aromatic carbocycles. The Morgan fingerprint density at radius 3 is 2.71 bits per heavy atom. The molecule has 0 radical (unpaired) electrons. The first-order valence-electron chi connectivity index (χ1n) is 5.82. The summed E-state index contributed by atoms with van der Waals surface area (Å²) in [5.74, 6) is 4.32. The first kappa shape index (κ1) is 15.3. The molecular formula is C12H13N3O5S. The minimum atomic E-state index is -0.422. The summed E-state index contributed by atoms with van der Waals surface area (Å²) in [5, 5.41) is 2.85. The maximum atomic E-state index is 11.9. The van der Waals surface area contributed by atoms with Crippen LogP contribution in [0.15, 0.2) is 40.0 Å². The van der Waals surface area contributed by atoms with Crippen LogP contribution in [0.2, 0.25) is 0 Å². The van der Waals surface area contributed by atoms with Gasteiger partial charge in [0.05, 0.1) is 31.3 Å². The maximum Gasteiger partial charge on any atom is 0.311 e. The quantitative estimate of drug-likeness (QED) is 0.350. The lowest BCUT2D eigenvalue weighted by Crippen LogP contribution is -2.13. The SMILES string of the molecule is COC(=O)Cc1cc(=O)n(-c2ccc(SOON)cc2)[nH]1. The summed E-state index contributed by atoms with van der Waals surface area (Å²) in [5.41, 5.74) is 0.829. The molecule has 112 valence electrons. The number of aromatic nitrogens is 2.